The van der Waals surface area contributed by atoms with Crippen molar-refractivity contribution < 1.29 is 4.79 Å². The molecule has 3 aromatic rings. The van der Waals surface area contributed by atoms with E-state index in [0.717, 1.165) is 47.4 Å². The van der Waals surface area contributed by atoms with Gasteiger partial charge in [0.15, 0.2) is 0 Å². The maximum Gasteiger partial charge on any atom is 0.227 e. The molecule has 2 N–H and O–H groups in total. The summed E-state index contributed by atoms with van der Waals surface area (Å²) in [6.07, 6.45) is 7.00. The Labute approximate surface area is 140 Å². The molecular formula is C20H19N3O. The number of imidazole rings is 1. The van der Waals surface area contributed by atoms with Gasteiger partial charge in [-0.1, -0.05) is 24.3 Å². The standard InChI is InChI=1S/C20H19N3O/c24-20(15-6-2-1-3-7-15)21-16-12-10-14(11-13-16)19-22-17-8-4-5-9-18(17)23-19/h1-2,4-5,8-13,15H,3,6-7H2,(H,21,24)(H,22,23)/t15-/m0/s1. The van der Waals surface area contributed by atoms with Crippen LogP contribution < -0.4 is 5.32 Å². The third kappa shape index (κ3) is 2.95. The van der Waals surface area contributed by atoms with Gasteiger partial charge in [0.05, 0.1) is 11.0 Å². The van der Waals surface area contributed by atoms with E-state index in [1.807, 2.05) is 48.5 Å². The number of benzene rings is 2. The van der Waals surface area contributed by atoms with Crippen molar-refractivity contribution in [1.29, 1.82) is 0 Å². The highest BCUT2D eigenvalue weighted by molar-refractivity contribution is 5.93. The first kappa shape index (κ1) is 14.7. The first-order valence-corrected chi connectivity index (χ1v) is 8.31. The zero-order valence-corrected chi connectivity index (χ0v) is 13.3. The Bertz CT molecular complexity index is 860. The van der Waals surface area contributed by atoms with E-state index < -0.39 is 0 Å². The molecular weight excluding hydrogens is 298 g/mol. The second-order valence-corrected chi connectivity index (χ2v) is 6.15. The van der Waals surface area contributed by atoms with Crippen LogP contribution in [-0.4, -0.2) is 15.9 Å². The number of aromatic amines is 1. The van der Waals surface area contributed by atoms with Crippen LogP contribution in [0, 0.1) is 5.92 Å². The lowest BCUT2D eigenvalue weighted by Crippen LogP contribution is -2.23. The minimum absolute atomic E-state index is 0.0880. The van der Waals surface area contributed by atoms with Crippen LogP contribution in [0.2, 0.25) is 0 Å². The van der Waals surface area contributed by atoms with Crippen LogP contribution in [0.4, 0.5) is 5.69 Å². The molecule has 2 aromatic carbocycles. The van der Waals surface area contributed by atoms with Gasteiger partial charge in [0.1, 0.15) is 5.82 Å². The van der Waals surface area contributed by atoms with E-state index in [9.17, 15) is 4.79 Å². The molecule has 1 aromatic heterocycles. The van der Waals surface area contributed by atoms with Crippen LogP contribution in [-0.2, 0) is 4.79 Å². The Kier molecular flexibility index (Phi) is 3.87. The van der Waals surface area contributed by atoms with Crippen LogP contribution in [0.3, 0.4) is 0 Å². The number of carbonyl (C=O) groups is 1. The third-order valence-corrected chi connectivity index (χ3v) is 4.46. The van der Waals surface area contributed by atoms with Crippen molar-refractivity contribution in [3.63, 3.8) is 0 Å². The van der Waals surface area contributed by atoms with Gasteiger partial charge in [-0.2, -0.15) is 0 Å². The zero-order valence-electron chi connectivity index (χ0n) is 13.3. The number of amides is 1. The summed E-state index contributed by atoms with van der Waals surface area (Å²) in [6, 6.07) is 15.8. The van der Waals surface area contributed by atoms with Crippen LogP contribution in [0.15, 0.2) is 60.7 Å². The maximum absolute atomic E-state index is 12.3. The van der Waals surface area contributed by atoms with Crippen molar-refractivity contribution >= 4 is 22.6 Å². The Morgan fingerprint density at radius 3 is 2.67 bits per heavy atom. The number of nitrogens with zero attached hydrogens (tertiary/aromatic N) is 1. The average molecular weight is 317 g/mol. The number of fused-ring (bicyclic) bond motifs is 1. The summed E-state index contributed by atoms with van der Waals surface area (Å²) in [5.41, 5.74) is 3.81. The predicted octanol–water partition coefficient (Wildman–Crippen LogP) is 4.52. The molecule has 0 saturated carbocycles. The van der Waals surface area contributed by atoms with Gasteiger partial charge >= 0.3 is 0 Å². The lowest BCUT2D eigenvalue weighted by molar-refractivity contribution is -0.120. The fourth-order valence-corrected chi connectivity index (χ4v) is 3.08. The number of allylic oxidation sites excluding steroid dienone is 2. The number of aromatic nitrogens is 2. The van der Waals surface area contributed by atoms with E-state index in [1.54, 1.807) is 0 Å². The summed E-state index contributed by atoms with van der Waals surface area (Å²) in [5, 5.41) is 3.01. The Hall–Kier alpha value is -2.88. The van der Waals surface area contributed by atoms with Crippen LogP contribution in [0.5, 0.6) is 0 Å². The number of rotatable bonds is 3. The fraction of sp³-hybridized carbons (Fsp3) is 0.200. The molecule has 1 amide bonds. The molecule has 1 atom stereocenters. The van der Waals surface area contributed by atoms with Crippen LogP contribution in [0.25, 0.3) is 22.4 Å². The van der Waals surface area contributed by atoms with E-state index >= 15 is 0 Å². The molecule has 4 nitrogen and oxygen atoms in total. The summed E-state index contributed by atoms with van der Waals surface area (Å²) in [5.74, 6) is 1.03. The van der Waals surface area contributed by atoms with Gasteiger partial charge in [0, 0.05) is 17.2 Å². The highest BCUT2D eigenvalue weighted by atomic mass is 16.1. The molecule has 1 aliphatic carbocycles. The van der Waals surface area contributed by atoms with E-state index in [2.05, 4.69) is 27.4 Å². The number of carbonyl (C=O) groups excluding carboxylic acids is 1. The number of H-pyrrole nitrogens is 1. The van der Waals surface area contributed by atoms with Crippen molar-refractivity contribution in [2.75, 3.05) is 5.32 Å². The van der Waals surface area contributed by atoms with Gasteiger partial charge in [0.2, 0.25) is 5.91 Å². The minimum atomic E-state index is 0.0880. The van der Waals surface area contributed by atoms with E-state index in [1.165, 1.54) is 0 Å². The smallest absolute Gasteiger partial charge is 0.227 e. The summed E-state index contributed by atoms with van der Waals surface area (Å²) >= 11 is 0. The molecule has 0 spiro atoms. The van der Waals surface area contributed by atoms with Crippen molar-refractivity contribution in [1.82, 2.24) is 9.97 Å². The lowest BCUT2D eigenvalue weighted by atomic mass is 9.93. The Balaban J connectivity index is 1.50. The molecule has 24 heavy (non-hydrogen) atoms. The van der Waals surface area contributed by atoms with Gasteiger partial charge in [-0.05, 0) is 55.7 Å². The SMILES string of the molecule is O=C(Nc1ccc(-c2nc3ccccc3[nH]2)cc1)[C@H]1CC=CCC1. The number of hydrogen-bond acceptors (Lipinski definition) is 2. The molecule has 1 heterocycles. The van der Waals surface area contributed by atoms with E-state index in [4.69, 9.17) is 0 Å². The van der Waals surface area contributed by atoms with Gasteiger partial charge < -0.3 is 10.3 Å². The van der Waals surface area contributed by atoms with Crippen LogP contribution >= 0.6 is 0 Å². The van der Waals surface area contributed by atoms with Crippen molar-refractivity contribution in [2.45, 2.75) is 19.3 Å². The Morgan fingerprint density at radius 1 is 1.08 bits per heavy atom. The van der Waals surface area contributed by atoms with Crippen molar-refractivity contribution in [2.24, 2.45) is 5.92 Å². The number of para-hydroxylation sites is 2. The summed E-state index contributed by atoms with van der Waals surface area (Å²) in [7, 11) is 0. The quantitative estimate of drug-likeness (QED) is 0.698. The second kappa shape index (κ2) is 6.32. The number of anilines is 1. The second-order valence-electron chi connectivity index (χ2n) is 6.15. The normalized spacial score (nSPS) is 17.1. The predicted molar refractivity (Wildman–Crippen MR) is 96.6 cm³/mol. The highest BCUT2D eigenvalue weighted by Crippen LogP contribution is 2.23. The molecule has 0 aliphatic heterocycles. The largest absolute Gasteiger partial charge is 0.338 e. The highest BCUT2D eigenvalue weighted by Gasteiger charge is 2.18. The van der Waals surface area contributed by atoms with Gasteiger partial charge in [0.25, 0.3) is 0 Å². The van der Waals surface area contributed by atoms with E-state index in [0.29, 0.717) is 0 Å². The number of hydrogen-bond donors (Lipinski definition) is 2. The first-order valence-electron chi connectivity index (χ1n) is 8.31. The monoisotopic (exact) mass is 317 g/mol. The van der Waals surface area contributed by atoms with Gasteiger partial charge in [-0.3, -0.25) is 4.79 Å². The molecule has 1 aliphatic rings. The molecule has 0 unspecified atom stereocenters. The molecule has 4 heteroatoms. The van der Waals surface area contributed by atoms with Gasteiger partial charge in [-0.15, -0.1) is 0 Å². The molecule has 4 rings (SSSR count). The lowest BCUT2D eigenvalue weighted by Gasteiger charge is -2.17. The molecule has 0 saturated heterocycles. The van der Waals surface area contributed by atoms with Crippen molar-refractivity contribution in [3.8, 4) is 11.4 Å². The minimum Gasteiger partial charge on any atom is -0.338 e. The molecule has 120 valence electrons. The summed E-state index contributed by atoms with van der Waals surface area (Å²) in [4.78, 5) is 20.2. The van der Waals surface area contributed by atoms with Crippen molar-refractivity contribution in [3.05, 3.63) is 60.7 Å². The average Bonchev–Trinajstić information content (AvgIpc) is 3.07. The first-order chi connectivity index (χ1) is 11.8. The molecule has 0 bridgehead atoms. The fourth-order valence-electron chi connectivity index (χ4n) is 3.08. The zero-order chi connectivity index (χ0) is 16.4. The summed E-state index contributed by atoms with van der Waals surface area (Å²) < 4.78 is 0. The summed E-state index contributed by atoms with van der Waals surface area (Å²) in [6.45, 7) is 0. The molecule has 0 fully saturated rings. The van der Waals surface area contributed by atoms with E-state index in [-0.39, 0.29) is 11.8 Å². The van der Waals surface area contributed by atoms with Crippen LogP contribution in [0.1, 0.15) is 19.3 Å². The third-order valence-electron chi connectivity index (χ3n) is 4.46. The topological polar surface area (TPSA) is 57.8 Å². The Morgan fingerprint density at radius 2 is 1.92 bits per heavy atom. The number of nitrogens with one attached hydrogen (secondary N) is 2. The molecule has 0 radical (unpaired) electrons. The maximum atomic E-state index is 12.3. The van der Waals surface area contributed by atoms with Gasteiger partial charge in [-0.25, -0.2) is 4.98 Å².